The lowest BCUT2D eigenvalue weighted by Gasteiger charge is -2.33. The summed E-state index contributed by atoms with van der Waals surface area (Å²) in [5, 5.41) is 13.1. The SMILES string of the molecule is CC(Oc1cccc(Cl)c1)C(=O)N1CCC(C(=O)Nc2ccccc2O)CC1. The van der Waals surface area contributed by atoms with E-state index in [1.807, 2.05) is 0 Å². The highest BCUT2D eigenvalue weighted by Gasteiger charge is 2.30. The Kier molecular flexibility index (Phi) is 6.41. The van der Waals surface area contributed by atoms with Crippen molar-refractivity contribution in [1.82, 2.24) is 4.90 Å². The van der Waals surface area contributed by atoms with Gasteiger partial charge in [-0.05, 0) is 50.1 Å². The van der Waals surface area contributed by atoms with Crippen LogP contribution in [0.1, 0.15) is 19.8 Å². The molecule has 2 aromatic carbocycles. The molecule has 1 fully saturated rings. The van der Waals surface area contributed by atoms with Crippen LogP contribution in [-0.4, -0.2) is 41.0 Å². The molecule has 2 aromatic rings. The van der Waals surface area contributed by atoms with Crippen molar-refractivity contribution in [3.8, 4) is 11.5 Å². The molecule has 1 atom stereocenters. The van der Waals surface area contributed by atoms with Crippen molar-refractivity contribution in [2.45, 2.75) is 25.9 Å². The van der Waals surface area contributed by atoms with Crippen molar-refractivity contribution in [1.29, 1.82) is 0 Å². The van der Waals surface area contributed by atoms with E-state index in [4.69, 9.17) is 16.3 Å². The summed E-state index contributed by atoms with van der Waals surface area (Å²) in [4.78, 5) is 26.8. The number of hydrogen-bond acceptors (Lipinski definition) is 4. The molecule has 1 aliphatic rings. The number of benzene rings is 2. The molecule has 0 spiro atoms. The smallest absolute Gasteiger partial charge is 0.263 e. The number of anilines is 1. The summed E-state index contributed by atoms with van der Waals surface area (Å²) in [6.07, 6.45) is 0.495. The molecule has 2 N–H and O–H groups in total. The zero-order valence-corrected chi connectivity index (χ0v) is 16.4. The predicted octanol–water partition coefficient (Wildman–Crippen LogP) is 3.69. The second kappa shape index (κ2) is 8.97. The maximum absolute atomic E-state index is 12.6. The zero-order valence-electron chi connectivity index (χ0n) is 15.6. The van der Waals surface area contributed by atoms with E-state index in [1.165, 1.54) is 6.07 Å². The van der Waals surface area contributed by atoms with Crippen LogP contribution in [-0.2, 0) is 9.59 Å². The molecule has 0 radical (unpaired) electrons. The minimum Gasteiger partial charge on any atom is -0.506 e. The number of nitrogens with one attached hydrogen (secondary N) is 1. The molecule has 0 saturated carbocycles. The molecule has 0 bridgehead atoms. The molecule has 1 unspecified atom stereocenters. The van der Waals surface area contributed by atoms with Gasteiger partial charge in [0.1, 0.15) is 11.5 Å². The Morgan fingerprint density at radius 3 is 2.57 bits per heavy atom. The van der Waals surface area contributed by atoms with Gasteiger partial charge in [-0.15, -0.1) is 0 Å². The minimum absolute atomic E-state index is 0.0375. The van der Waals surface area contributed by atoms with Crippen LogP contribution in [0, 0.1) is 5.92 Å². The lowest BCUT2D eigenvalue weighted by Crippen LogP contribution is -2.46. The number of piperidine rings is 1. The van der Waals surface area contributed by atoms with Gasteiger partial charge in [0, 0.05) is 24.0 Å². The number of para-hydroxylation sites is 2. The van der Waals surface area contributed by atoms with Gasteiger partial charge in [-0.1, -0.05) is 29.8 Å². The molecule has 28 heavy (non-hydrogen) atoms. The highest BCUT2D eigenvalue weighted by Crippen LogP contribution is 2.25. The summed E-state index contributed by atoms with van der Waals surface area (Å²) < 4.78 is 5.69. The molecule has 0 aliphatic carbocycles. The topological polar surface area (TPSA) is 78.9 Å². The Bertz CT molecular complexity index is 850. The highest BCUT2D eigenvalue weighted by atomic mass is 35.5. The lowest BCUT2D eigenvalue weighted by molar-refractivity contribution is -0.140. The first kappa shape index (κ1) is 20.0. The van der Waals surface area contributed by atoms with Gasteiger partial charge >= 0.3 is 0 Å². The van der Waals surface area contributed by atoms with Gasteiger partial charge in [0.05, 0.1) is 5.69 Å². The zero-order chi connectivity index (χ0) is 20.1. The molecular weight excluding hydrogens is 380 g/mol. The quantitative estimate of drug-likeness (QED) is 0.747. The van der Waals surface area contributed by atoms with Crippen LogP contribution in [0.4, 0.5) is 5.69 Å². The number of ether oxygens (including phenoxy) is 1. The summed E-state index contributed by atoms with van der Waals surface area (Å²) in [7, 11) is 0. The number of amides is 2. The monoisotopic (exact) mass is 402 g/mol. The number of carbonyl (C=O) groups excluding carboxylic acids is 2. The van der Waals surface area contributed by atoms with Gasteiger partial charge in [-0.2, -0.15) is 0 Å². The van der Waals surface area contributed by atoms with Crippen LogP contribution < -0.4 is 10.1 Å². The Labute approximate surface area is 169 Å². The fourth-order valence-electron chi connectivity index (χ4n) is 3.23. The van der Waals surface area contributed by atoms with E-state index in [2.05, 4.69) is 5.32 Å². The molecule has 1 aliphatic heterocycles. The molecule has 1 saturated heterocycles. The number of rotatable bonds is 5. The van der Waals surface area contributed by atoms with E-state index in [-0.39, 0.29) is 23.5 Å². The van der Waals surface area contributed by atoms with E-state index >= 15 is 0 Å². The normalized spacial score (nSPS) is 15.7. The first-order valence-corrected chi connectivity index (χ1v) is 9.61. The maximum Gasteiger partial charge on any atom is 0.263 e. The summed E-state index contributed by atoms with van der Waals surface area (Å²) >= 11 is 5.94. The fourth-order valence-corrected chi connectivity index (χ4v) is 3.41. The molecule has 3 rings (SSSR count). The Hall–Kier alpha value is -2.73. The van der Waals surface area contributed by atoms with Gasteiger partial charge in [-0.3, -0.25) is 9.59 Å². The Morgan fingerprint density at radius 1 is 1.18 bits per heavy atom. The standard InChI is InChI=1S/C21H23ClN2O4/c1-14(28-17-6-4-5-16(22)13-17)21(27)24-11-9-15(10-12-24)20(26)23-18-7-2-3-8-19(18)25/h2-8,13-15,25H,9-12H2,1H3,(H,23,26). The predicted molar refractivity (Wildman–Crippen MR) is 108 cm³/mol. The highest BCUT2D eigenvalue weighted by molar-refractivity contribution is 6.30. The number of phenolic OH excluding ortho intramolecular Hbond substituents is 1. The largest absolute Gasteiger partial charge is 0.506 e. The third-order valence-electron chi connectivity index (χ3n) is 4.80. The second-order valence-corrected chi connectivity index (χ2v) is 7.26. The molecule has 6 nitrogen and oxygen atoms in total. The van der Waals surface area contributed by atoms with Crippen LogP contribution in [0.5, 0.6) is 11.5 Å². The molecule has 0 aromatic heterocycles. The molecule has 7 heteroatoms. The van der Waals surface area contributed by atoms with Gasteiger partial charge in [0.25, 0.3) is 5.91 Å². The summed E-state index contributed by atoms with van der Waals surface area (Å²) in [6, 6.07) is 13.6. The third kappa shape index (κ3) is 4.95. The number of hydrogen-bond donors (Lipinski definition) is 2. The molecule has 2 amide bonds. The van der Waals surface area contributed by atoms with E-state index in [9.17, 15) is 14.7 Å². The third-order valence-corrected chi connectivity index (χ3v) is 5.03. The number of phenols is 1. The van der Waals surface area contributed by atoms with Gasteiger partial charge in [0.2, 0.25) is 5.91 Å². The minimum atomic E-state index is -0.634. The van der Waals surface area contributed by atoms with Gasteiger partial charge in [0.15, 0.2) is 6.10 Å². The average molecular weight is 403 g/mol. The van der Waals surface area contributed by atoms with E-state index in [0.29, 0.717) is 42.4 Å². The maximum atomic E-state index is 12.6. The molecule has 1 heterocycles. The van der Waals surface area contributed by atoms with Crippen LogP contribution >= 0.6 is 11.6 Å². The van der Waals surface area contributed by atoms with Crippen molar-refractivity contribution in [2.24, 2.45) is 5.92 Å². The number of likely N-dealkylation sites (tertiary alicyclic amines) is 1. The molecule has 148 valence electrons. The van der Waals surface area contributed by atoms with Crippen LogP contribution in [0.15, 0.2) is 48.5 Å². The fraction of sp³-hybridized carbons (Fsp3) is 0.333. The van der Waals surface area contributed by atoms with Crippen molar-refractivity contribution < 1.29 is 19.4 Å². The first-order valence-electron chi connectivity index (χ1n) is 9.24. The summed E-state index contributed by atoms with van der Waals surface area (Å²) in [5.74, 6) is 0.130. The average Bonchev–Trinajstić information content (AvgIpc) is 2.69. The second-order valence-electron chi connectivity index (χ2n) is 6.82. The summed E-state index contributed by atoms with van der Waals surface area (Å²) in [5.41, 5.74) is 0.398. The van der Waals surface area contributed by atoms with Crippen LogP contribution in [0.3, 0.4) is 0 Å². The van der Waals surface area contributed by atoms with Crippen molar-refractivity contribution in [3.05, 3.63) is 53.6 Å². The number of aromatic hydroxyl groups is 1. The van der Waals surface area contributed by atoms with E-state index in [0.717, 1.165) is 0 Å². The first-order chi connectivity index (χ1) is 13.4. The Morgan fingerprint density at radius 2 is 1.89 bits per heavy atom. The van der Waals surface area contributed by atoms with Crippen LogP contribution in [0.2, 0.25) is 5.02 Å². The van der Waals surface area contributed by atoms with Gasteiger partial charge < -0.3 is 20.1 Å². The Balaban J connectivity index is 1.50. The number of carbonyl (C=O) groups is 2. The number of nitrogens with zero attached hydrogens (tertiary/aromatic N) is 1. The van der Waals surface area contributed by atoms with Crippen molar-refractivity contribution in [2.75, 3.05) is 18.4 Å². The summed E-state index contributed by atoms with van der Waals surface area (Å²) in [6.45, 7) is 2.68. The van der Waals surface area contributed by atoms with E-state index in [1.54, 1.807) is 54.3 Å². The van der Waals surface area contributed by atoms with Crippen molar-refractivity contribution >= 4 is 29.1 Å². The van der Waals surface area contributed by atoms with Gasteiger partial charge in [-0.25, -0.2) is 0 Å². The van der Waals surface area contributed by atoms with E-state index < -0.39 is 6.10 Å². The molecular formula is C21H23ClN2O4. The lowest BCUT2D eigenvalue weighted by atomic mass is 9.95. The van der Waals surface area contributed by atoms with Crippen molar-refractivity contribution in [3.63, 3.8) is 0 Å². The number of halogens is 1. The van der Waals surface area contributed by atoms with Crippen LogP contribution in [0.25, 0.3) is 0 Å².